The van der Waals surface area contributed by atoms with Crippen LogP contribution in [0.5, 0.6) is 0 Å². The van der Waals surface area contributed by atoms with Gasteiger partial charge in [0.05, 0.1) is 12.8 Å². The summed E-state index contributed by atoms with van der Waals surface area (Å²) in [6, 6.07) is 7.26. The summed E-state index contributed by atoms with van der Waals surface area (Å²) in [5, 5.41) is 11.8. The second-order valence-corrected chi connectivity index (χ2v) is 5.88. The molecule has 0 bridgehead atoms. The van der Waals surface area contributed by atoms with Crippen molar-refractivity contribution >= 4 is 35.1 Å². The molecule has 0 radical (unpaired) electrons. The van der Waals surface area contributed by atoms with E-state index in [9.17, 15) is 4.79 Å². The summed E-state index contributed by atoms with van der Waals surface area (Å²) in [5.74, 6) is 1.13. The maximum absolute atomic E-state index is 11.8. The van der Waals surface area contributed by atoms with Crippen LogP contribution in [0.15, 0.2) is 30.5 Å². The third-order valence-electron chi connectivity index (χ3n) is 3.78. The molecule has 3 rings (SSSR count). The molecule has 0 spiro atoms. The summed E-state index contributed by atoms with van der Waals surface area (Å²) in [5.41, 5.74) is 0.829. The highest BCUT2D eigenvalue weighted by atomic mass is 35.5. The van der Waals surface area contributed by atoms with Gasteiger partial charge in [-0.1, -0.05) is 11.6 Å². The Morgan fingerprint density at radius 1 is 1.24 bits per heavy atom. The van der Waals surface area contributed by atoms with Crippen LogP contribution in [0, 0.1) is 0 Å². The molecule has 1 aromatic heterocycles. The van der Waals surface area contributed by atoms with Gasteiger partial charge in [0.2, 0.25) is 5.95 Å². The van der Waals surface area contributed by atoms with Crippen molar-refractivity contribution in [1.82, 2.24) is 20.1 Å². The third kappa shape index (κ3) is 4.48. The highest BCUT2D eigenvalue weighted by Crippen LogP contribution is 2.18. The Morgan fingerprint density at radius 2 is 1.96 bits per heavy atom. The average molecular weight is 363 g/mol. The van der Waals surface area contributed by atoms with Crippen LogP contribution in [0.2, 0.25) is 5.02 Å². The van der Waals surface area contributed by atoms with Crippen molar-refractivity contribution < 1.29 is 9.53 Å². The van der Waals surface area contributed by atoms with Gasteiger partial charge in [0.25, 0.3) is 0 Å². The lowest BCUT2D eigenvalue weighted by Crippen LogP contribution is -2.49. The largest absolute Gasteiger partial charge is 0.450 e. The summed E-state index contributed by atoms with van der Waals surface area (Å²) < 4.78 is 5.03. The molecule has 9 heteroatoms. The molecule has 25 heavy (non-hydrogen) atoms. The van der Waals surface area contributed by atoms with Gasteiger partial charge in [0.15, 0.2) is 5.82 Å². The molecule has 0 saturated carbocycles. The van der Waals surface area contributed by atoms with Gasteiger partial charge in [-0.2, -0.15) is 10.1 Å². The van der Waals surface area contributed by atoms with E-state index >= 15 is 0 Å². The van der Waals surface area contributed by atoms with E-state index in [2.05, 4.69) is 25.4 Å². The Morgan fingerprint density at radius 3 is 2.64 bits per heavy atom. The zero-order chi connectivity index (χ0) is 17.6. The van der Waals surface area contributed by atoms with Gasteiger partial charge in [0.1, 0.15) is 0 Å². The Balaban J connectivity index is 1.62. The minimum Gasteiger partial charge on any atom is -0.450 e. The number of rotatable bonds is 4. The fourth-order valence-electron chi connectivity index (χ4n) is 2.50. The highest BCUT2D eigenvalue weighted by molar-refractivity contribution is 6.30. The fourth-order valence-corrected chi connectivity index (χ4v) is 2.62. The van der Waals surface area contributed by atoms with Crippen LogP contribution < -0.4 is 10.2 Å². The first-order valence-corrected chi connectivity index (χ1v) is 8.42. The molecule has 1 amide bonds. The van der Waals surface area contributed by atoms with Gasteiger partial charge in [-0.05, 0) is 31.2 Å². The van der Waals surface area contributed by atoms with Crippen LogP contribution in [-0.4, -0.2) is 59.0 Å². The number of benzene rings is 1. The normalized spacial score (nSPS) is 14.3. The van der Waals surface area contributed by atoms with Crippen molar-refractivity contribution in [3.8, 4) is 0 Å². The predicted octanol–water partition coefficient (Wildman–Crippen LogP) is 2.55. The number of ether oxygens (including phenoxy) is 1. The van der Waals surface area contributed by atoms with Crippen molar-refractivity contribution in [2.24, 2.45) is 0 Å². The Hall–Kier alpha value is -2.61. The van der Waals surface area contributed by atoms with Gasteiger partial charge in [-0.3, -0.25) is 0 Å². The van der Waals surface area contributed by atoms with Gasteiger partial charge in [-0.25, -0.2) is 4.79 Å². The fraction of sp³-hybridized carbons (Fsp3) is 0.375. The lowest BCUT2D eigenvalue weighted by molar-refractivity contribution is 0.105. The molecule has 0 unspecified atom stereocenters. The summed E-state index contributed by atoms with van der Waals surface area (Å²) in [6.07, 6.45) is 1.35. The average Bonchev–Trinajstić information content (AvgIpc) is 2.64. The predicted molar refractivity (Wildman–Crippen MR) is 95.4 cm³/mol. The van der Waals surface area contributed by atoms with E-state index in [-0.39, 0.29) is 6.09 Å². The first kappa shape index (κ1) is 17.2. The second-order valence-electron chi connectivity index (χ2n) is 5.44. The number of carbonyl (C=O) groups excluding carboxylic acids is 1. The van der Waals surface area contributed by atoms with Crippen molar-refractivity contribution in [2.75, 3.05) is 43.0 Å². The van der Waals surface area contributed by atoms with E-state index in [0.717, 1.165) is 11.5 Å². The zero-order valence-corrected chi connectivity index (χ0v) is 14.6. The number of nitrogens with one attached hydrogen (secondary N) is 1. The molecule has 2 heterocycles. The topological polar surface area (TPSA) is 83.5 Å². The minimum absolute atomic E-state index is 0.270. The first-order valence-electron chi connectivity index (χ1n) is 8.04. The number of amides is 1. The number of hydrogen-bond acceptors (Lipinski definition) is 7. The molecule has 1 N–H and O–H groups in total. The number of hydrogen-bond donors (Lipinski definition) is 1. The van der Waals surface area contributed by atoms with E-state index in [4.69, 9.17) is 16.3 Å². The quantitative estimate of drug-likeness (QED) is 0.894. The zero-order valence-electron chi connectivity index (χ0n) is 13.9. The van der Waals surface area contributed by atoms with Gasteiger partial charge in [-0.15, -0.1) is 5.10 Å². The highest BCUT2D eigenvalue weighted by Gasteiger charge is 2.23. The Kier molecular flexibility index (Phi) is 5.49. The van der Waals surface area contributed by atoms with Crippen LogP contribution in [0.4, 0.5) is 22.2 Å². The number of aromatic nitrogens is 3. The van der Waals surface area contributed by atoms with Crippen LogP contribution in [0.3, 0.4) is 0 Å². The van der Waals surface area contributed by atoms with Crippen molar-refractivity contribution in [2.45, 2.75) is 6.92 Å². The molecule has 1 aromatic carbocycles. The molecular weight excluding hydrogens is 344 g/mol. The van der Waals surface area contributed by atoms with Crippen LogP contribution in [-0.2, 0) is 4.74 Å². The number of anilines is 3. The number of halogens is 1. The Bertz CT molecular complexity index is 719. The lowest BCUT2D eigenvalue weighted by atomic mass is 10.3. The molecule has 132 valence electrons. The van der Waals surface area contributed by atoms with Gasteiger partial charge in [0, 0.05) is 36.9 Å². The summed E-state index contributed by atoms with van der Waals surface area (Å²) in [4.78, 5) is 20.0. The van der Waals surface area contributed by atoms with Crippen LogP contribution >= 0.6 is 11.6 Å². The van der Waals surface area contributed by atoms with Crippen LogP contribution in [0.1, 0.15) is 6.92 Å². The van der Waals surface area contributed by atoms with Crippen LogP contribution in [0.25, 0.3) is 0 Å². The summed E-state index contributed by atoms with van der Waals surface area (Å²) >= 11 is 5.88. The number of carbonyl (C=O) groups is 1. The molecule has 1 saturated heterocycles. The van der Waals surface area contributed by atoms with E-state index in [1.165, 1.54) is 0 Å². The second kappa shape index (κ2) is 7.98. The summed E-state index contributed by atoms with van der Waals surface area (Å²) in [6.45, 7) is 4.69. The van der Waals surface area contributed by atoms with E-state index in [1.54, 1.807) is 30.2 Å². The molecular formula is C16H19ClN6O2. The molecule has 8 nitrogen and oxygen atoms in total. The molecule has 1 aliphatic rings. The van der Waals surface area contributed by atoms with E-state index in [0.29, 0.717) is 43.8 Å². The molecule has 0 aliphatic carbocycles. The molecule has 0 atom stereocenters. The maximum Gasteiger partial charge on any atom is 0.409 e. The van der Waals surface area contributed by atoms with Crippen molar-refractivity contribution in [3.05, 3.63) is 35.5 Å². The van der Waals surface area contributed by atoms with Crippen molar-refractivity contribution in [3.63, 3.8) is 0 Å². The first-order chi connectivity index (χ1) is 12.2. The number of piperazine rings is 1. The van der Waals surface area contributed by atoms with Gasteiger partial charge >= 0.3 is 6.09 Å². The Labute approximate surface area is 150 Å². The monoisotopic (exact) mass is 362 g/mol. The minimum atomic E-state index is -0.270. The van der Waals surface area contributed by atoms with Gasteiger partial charge < -0.3 is 19.9 Å². The summed E-state index contributed by atoms with van der Waals surface area (Å²) in [7, 11) is 0. The third-order valence-corrected chi connectivity index (χ3v) is 4.03. The number of nitrogens with zero attached hydrogens (tertiary/aromatic N) is 5. The lowest BCUT2D eigenvalue weighted by Gasteiger charge is -2.34. The SMILES string of the molecule is CCOC(=O)N1CCN(c2cnnc(Nc3ccc(Cl)cc3)n2)CC1. The van der Waals surface area contributed by atoms with Crippen molar-refractivity contribution in [1.29, 1.82) is 0 Å². The van der Waals surface area contributed by atoms with E-state index < -0.39 is 0 Å². The molecule has 1 fully saturated rings. The van der Waals surface area contributed by atoms with E-state index in [1.807, 2.05) is 12.1 Å². The maximum atomic E-state index is 11.8. The smallest absolute Gasteiger partial charge is 0.409 e. The molecule has 1 aliphatic heterocycles. The molecule has 2 aromatic rings. The standard InChI is InChI=1S/C16H19ClN6O2/c1-2-25-16(24)23-9-7-22(8-10-23)14-11-18-21-15(20-14)19-13-5-3-12(17)4-6-13/h3-6,11H,2,7-10H2,1H3,(H,19,20,21).